The van der Waals surface area contributed by atoms with Gasteiger partial charge < -0.3 is 4.74 Å². The lowest BCUT2D eigenvalue weighted by Gasteiger charge is -2.44. The molecule has 0 saturated heterocycles. The molecule has 2 saturated carbocycles. The zero-order valence-corrected chi connectivity index (χ0v) is 12.8. The highest BCUT2D eigenvalue weighted by Crippen LogP contribution is 2.39. The maximum atomic E-state index is 5.97. The van der Waals surface area contributed by atoms with Crippen molar-refractivity contribution in [2.24, 2.45) is 17.7 Å². The third-order valence-corrected chi connectivity index (χ3v) is 5.57. The molecule has 0 aliphatic heterocycles. The van der Waals surface area contributed by atoms with Gasteiger partial charge in [0.2, 0.25) is 0 Å². The van der Waals surface area contributed by atoms with E-state index in [4.69, 9.17) is 10.6 Å². The molecule has 0 aromatic rings. The molecule has 2 aliphatic carbocycles. The number of hydrazine groups is 1. The molecule has 0 spiro atoms. The molecule has 3 N–H and O–H groups in total. The van der Waals surface area contributed by atoms with Crippen LogP contribution in [0.4, 0.5) is 0 Å². The van der Waals surface area contributed by atoms with Crippen molar-refractivity contribution in [3.63, 3.8) is 0 Å². The Balaban J connectivity index is 1.92. The Labute approximate surface area is 118 Å². The predicted octanol–water partition coefficient (Wildman–Crippen LogP) is 3.38. The Morgan fingerprint density at radius 3 is 2.58 bits per heavy atom. The summed E-state index contributed by atoms with van der Waals surface area (Å²) >= 11 is 0. The highest BCUT2D eigenvalue weighted by molar-refractivity contribution is 4.96. The molecule has 0 heterocycles. The Hall–Kier alpha value is -0.120. The second-order valence-corrected chi connectivity index (χ2v) is 6.92. The molecule has 2 fully saturated rings. The first kappa shape index (κ1) is 15.3. The van der Waals surface area contributed by atoms with Crippen LogP contribution in [0, 0.1) is 11.8 Å². The van der Waals surface area contributed by atoms with Crippen molar-refractivity contribution in [3.05, 3.63) is 0 Å². The lowest BCUT2D eigenvalue weighted by atomic mass is 9.73. The monoisotopic (exact) mass is 268 g/mol. The highest BCUT2D eigenvalue weighted by atomic mass is 16.5. The van der Waals surface area contributed by atoms with Gasteiger partial charge in [0, 0.05) is 7.11 Å². The molecule has 0 aromatic carbocycles. The quantitative estimate of drug-likeness (QED) is 0.573. The summed E-state index contributed by atoms with van der Waals surface area (Å²) in [7, 11) is 1.87. The number of ether oxygens (including phenoxy) is 1. The van der Waals surface area contributed by atoms with E-state index >= 15 is 0 Å². The van der Waals surface area contributed by atoms with E-state index in [2.05, 4.69) is 12.3 Å². The first-order valence-electron chi connectivity index (χ1n) is 8.21. The SMILES string of the molecule is COC1(C(CCC2CCCC2)NN)CCCC(C)C1. The molecule has 2 aliphatic rings. The van der Waals surface area contributed by atoms with Gasteiger partial charge in [0.1, 0.15) is 0 Å². The summed E-state index contributed by atoms with van der Waals surface area (Å²) in [6.45, 7) is 2.34. The molecule has 0 bridgehead atoms. The van der Waals surface area contributed by atoms with Crippen LogP contribution in [0.2, 0.25) is 0 Å². The van der Waals surface area contributed by atoms with Gasteiger partial charge in [-0.15, -0.1) is 0 Å². The number of hydrogen-bond acceptors (Lipinski definition) is 3. The third kappa shape index (κ3) is 3.71. The van der Waals surface area contributed by atoms with Gasteiger partial charge in [-0.3, -0.25) is 11.3 Å². The molecule has 3 unspecified atom stereocenters. The van der Waals surface area contributed by atoms with E-state index in [1.165, 1.54) is 51.4 Å². The molecule has 0 radical (unpaired) electrons. The maximum Gasteiger partial charge on any atom is 0.0846 e. The van der Waals surface area contributed by atoms with Gasteiger partial charge in [0.15, 0.2) is 0 Å². The Bertz CT molecular complexity index is 265. The average molecular weight is 268 g/mol. The summed E-state index contributed by atoms with van der Waals surface area (Å²) in [5.74, 6) is 7.56. The van der Waals surface area contributed by atoms with E-state index in [9.17, 15) is 0 Å². The Morgan fingerprint density at radius 1 is 1.26 bits per heavy atom. The van der Waals surface area contributed by atoms with E-state index < -0.39 is 0 Å². The molecule has 3 heteroatoms. The number of methoxy groups -OCH3 is 1. The standard InChI is InChI=1S/C16H32N2O/c1-13-6-5-11-16(12-13,19-2)15(18-17)10-9-14-7-3-4-8-14/h13-15,18H,3-12,17H2,1-2H3. The summed E-state index contributed by atoms with van der Waals surface area (Å²) in [6, 6.07) is 0.320. The van der Waals surface area contributed by atoms with Crippen molar-refractivity contribution in [2.75, 3.05) is 7.11 Å². The maximum absolute atomic E-state index is 5.97. The molecule has 3 atom stereocenters. The topological polar surface area (TPSA) is 47.3 Å². The van der Waals surface area contributed by atoms with E-state index in [0.29, 0.717) is 6.04 Å². The number of nitrogens with one attached hydrogen (secondary N) is 1. The lowest BCUT2D eigenvalue weighted by Crippen LogP contribution is -2.56. The molecule has 3 nitrogen and oxygen atoms in total. The summed E-state index contributed by atoms with van der Waals surface area (Å²) < 4.78 is 5.97. The van der Waals surface area contributed by atoms with Gasteiger partial charge >= 0.3 is 0 Å². The summed E-state index contributed by atoms with van der Waals surface area (Å²) in [4.78, 5) is 0. The normalized spacial score (nSPS) is 34.6. The fourth-order valence-electron chi connectivity index (χ4n) is 4.39. The lowest BCUT2D eigenvalue weighted by molar-refractivity contribution is -0.0819. The van der Waals surface area contributed by atoms with Gasteiger partial charge in [0.25, 0.3) is 0 Å². The molecule has 0 aromatic heterocycles. The third-order valence-electron chi connectivity index (χ3n) is 5.57. The minimum absolute atomic E-state index is 0.0228. The minimum Gasteiger partial charge on any atom is -0.377 e. The largest absolute Gasteiger partial charge is 0.377 e. The minimum atomic E-state index is -0.0228. The van der Waals surface area contributed by atoms with Crippen LogP contribution < -0.4 is 11.3 Å². The van der Waals surface area contributed by atoms with Crippen molar-refractivity contribution < 1.29 is 4.74 Å². The number of rotatable bonds is 6. The first-order chi connectivity index (χ1) is 9.20. The van der Waals surface area contributed by atoms with Gasteiger partial charge in [0.05, 0.1) is 11.6 Å². The zero-order valence-electron chi connectivity index (χ0n) is 12.8. The van der Waals surface area contributed by atoms with Crippen LogP contribution in [0.5, 0.6) is 0 Å². The van der Waals surface area contributed by atoms with E-state index in [1.807, 2.05) is 7.11 Å². The first-order valence-corrected chi connectivity index (χ1v) is 8.21. The van der Waals surface area contributed by atoms with Crippen LogP contribution in [-0.2, 0) is 4.74 Å². The summed E-state index contributed by atoms with van der Waals surface area (Å²) in [5, 5.41) is 0. The highest BCUT2D eigenvalue weighted by Gasteiger charge is 2.41. The van der Waals surface area contributed by atoms with Crippen LogP contribution >= 0.6 is 0 Å². The van der Waals surface area contributed by atoms with Crippen LogP contribution in [0.1, 0.15) is 71.1 Å². The van der Waals surface area contributed by atoms with E-state index in [0.717, 1.165) is 24.7 Å². The zero-order chi connectivity index (χ0) is 13.7. The van der Waals surface area contributed by atoms with Crippen molar-refractivity contribution in [3.8, 4) is 0 Å². The fraction of sp³-hybridized carbons (Fsp3) is 1.00. The Morgan fingerprint density at radius 2 is 2.00 bits per heavy atom. The van der Waals surface area contributed by atoms with E-state index in [1.54, 1.807) is 0 Å². The van der Waals surface area contributed by atoms with Gasteiger partial charge in [-0.25, -0.2) is 0 Å². The van der Waals surface area contributed by atoms with Crippen molar-refractivity contribution >= 4 is 0 Å². The smallest absolute Gasteiger partial charge is 0.0846 e. The van der Waals surface area contributed by atoms with Crippen molar-refractivity contribution in [2.45, 2.75) is 82.8 Å². The molecular weight excluding hydrogens is 236 g/mol. The summed E-state index contributed by atoms with van der Waals surface area (Å²) in [6.07, 6.45) is 13.1. The van der Waals surface area contributed by atoms with Crippen molar-refractivity contribution in [1.29, 1.82) is 0 Å². The van der Waals surface area contributed by atoms with Crippen molar-refractivity contribution in [1.82, 2.24) is 5.43 Å². The Kier molecular flexibility index (Phi) is 5.67. The average Bonchev–Trinajstić information content (AvgIpc) is 2.92. The molecule has 112 valence electrons. The summed E-state index contributed by atoms with van der Waals surface area (Å²) in [5.41, 5.74) is 3.06. The number of nitrogens with two attached hydrogens (primary N) is 1. The van der Waals surface area contributed by atoms with Gasteiger partial charge in [-0.05, 0) is 37.5 Å². The fourth-order valence-corrected chi connectivity index (χ4v) is 4.39. The number of hydrogen-bond donors (Lipinski definition) is 2. The predicted molar refractivity (Wildman–Crippen MR) is 79.7 cm³/mol. The molecule has 2 rings (SSSR count). The van der Waals surface area contributed by atoms with Gasteiger partial charge in [-0.2, -0.15) is 0 Å². The second kappa shape index (κ2) is 7.05. The molecule has 0 amide bonds. The molecule has 19 heavy (non-hydrogen) atoms. The van der Waals surface area contributed by atoms with Crippen LogP contribution in [0.15, 0.2) is 0 Å². The van der Waals surface area contributed by atoms with Crippen LogP contribution in [-0.4, -0.2) is 18.8 Å². The second-order valence-electron chi connectivity index (χ2n) is 6.92. The van der Waals surface area contributed by atoms with Crippen LogP contribution in [0.3, 0.4) is 0 Å². The van der Waals surface area contributed by atoms with Gasteiger partial charge in [-0.1, -0.05) is 45.4 Å². The van der Waals surface area contributed by atoms with Crippen LogP contribution in [0.25, 0.3) is 0 Å². The molecular formula is C16H32N2O. The van der Waals surface area contributed by atoms with E-state index in [-0.39, 0.29) is 5.60 Å².